The molecule has 20 heavy (non-hydrogen) atoms. The topological polar surface area (TPSA) is 55.1 Å². The van der Waals surface area contributed by atoms with E-state index in [9.17, 15) is 4.79 Å². The van der Waals surface area contributed by atoms with Gasteiger partial charge in [-0.2, -0.15) is 0 Å². The minimum Gasteiger partial charge on any atom is -0.399 e. The summed E-state index contributed by atoms with van der Waals surface area (Å²) in [7, 11) is 0. The summed E-state index contributed by atoms with van der Waals surface area (Å²) in [5.41, 5.74) is 6.42. The van der Waals surface area contributed by atoms with Crippen molar-refractivity contribution in [3.8, 4) is 0 Å². The van der Waals surface area contributed by atoms with Crippen LogP contribution in [0.1, 0.15) is 49.7 Å². The molecule has 1 aromatic carbocycles. The molecule has 3 nitrogen and oxygen atoms in total. The SMILES string of the molecule is CCC(CC)(CC)NC(=O)c1cc2cc(N)ccc2s1. The number of rotatable bonds is 5. The number of hydrogen-bond acceptors (Lipinski definition) is 3. The summed E-state index contributed by atoms with van der Waals surface area (Å²) in [5.74, 6) is 0.0234. The van der Waals surface area contributed by atoms with E-state index >= 15 is 0 Å². The summed E-state index contributed by atoms with van der Waals surface area (Å²) in [5, 5.41) is 4.25. The molecule has 1 aromatic heterocycles. The summed E-state index contributed by atoms with van der Waals surface area (Å²) < 4.78 is 1.10. The number of thiophene rings is 1. The van der Waals surface area contributed by atoms with Gasteiger partial charge in [0, 0.05) is 15.9 Å². The van der Waals surface area contributed by atoms with Gasteiger partial charge in [-0.05, 0) is 48.9 Å². The van der Waals surface area contributed by atoms with Crippen molar-refractivity contribution in [1.29, 1.82) is 0 Å². The average Bonchev–Trinajstić information content (AvgIpc) is 2.88. The maximum atomic E-state index is 12.5. The van der Waals surface area contributed by atoms with Crippen LogP contribution in [-0.4, -0.2) is 11.4 Å². The van der Waals surface area contributed by atoms with Crippen molar-refractivity contribution < 1.29 is 4.79 Å². The van der Waals surface area contributed by atoms with Gasteiger partial charge in [-0.25, -0.2) is 0 Å². The highest BCUT2D eigenvalue weighted by Gasteiger charge is 2.26. The van der Waals surface area contributed by atoms with Crippen molar-refractivity contribution in [2.45, 2.75) is 45.6 Å². The second-order valence-corrected chi connectivity index (χ2v) is 6.29. The van der Waals surface area contributed by atoms with E-state index < -0.39 is 0 Å². The first-order chi connectivity index (χ1) is 9.53. The zero-order chi connectivity index (χ0) is 14.8. The van der Waals surface area contributed by atoms with Crippen LogP contribution in [0.15, 0.2) is 24.3 Å². The summed E-state index contributed by atoms with van der Waals surface area (Å²) in [6, 6.07) is 7.68. The second-order valence-electron chi connectivity index (χ2n) is 5.20. The van der Waals surface area contributed by atoms with Gasteiger partial charge in [0.15, 0.2) is 0 Å². The third-order valence-electron chi connectivity index (χ3n) is 4.17. The van der Waals surface area contributed by atoms with Crippen molar-refractivity contribution in [3.05, 3.63) is 29.1 Å². The Morgan fingerprint density at radius 1 is 1.20 bits per heavy atom. The van der Waals surface area contributed by atoms with Gasteiger partial charge in [0.05, 0.1) is 4.88 Å². The fourth-order valence-corrected chi connectivity index (χ4v) is 3.43. The molecule has 0 atom stereocenters. The number of carbonyl (C=O) groups excluding carboxylic acids is 1. The maximum Gasteiger partial charge on any atom is 0.261 e. The molecule has 1 heterocycles. The highest BCUT2D eigenvalue weighted by atomic mass is 32.1. The minimum absolute atomic E-state index is 0.0234. The van der Waals surface area contributed by atoms with E-state index in [0.717, 1.165) is 39.9 Å². The Kier molecular flexibility index (Phi) is 4.33. The van der Waals surface area contributed by atoms with Gasteiger partial charge in [0.25, 0.3) is 5.91 Å². The smallest absolute Gasteiger partial charge is 0.261 e. The first-order valence-electron chi connectivity index (χ1n) is 7.15. The lowest BCUT2D eigenvalue weighted by Crippen LogP contribution is -2.46. The van der Waals surface area contributed by atoms with Crippen molar-refractivity contribution in [2.24, 2.45) is 0 Å². The summed E-state index contributed by atoms with van der Waals surface area (Å²) in [4.78, 5) is 13.2. The first-order valence-corrected chi connectivity index (χ1v) is 7.96. The van der Waals surface area contributed by atoms with E-state index in [1.807, 2.05) is 24.3 Å². The molecule has 0 saturated carbocycles. The Labute approximate surface area is 124 Å². The molecule has 0 radical (unpaired) electrons. The van der Waals surface area contributed by atoms with Crippen LogP contribution in [0, 0.1) is 0 Å². The molecule has 0 aliphatic heterocycles. The molecule has 0 saturated heterocycles. The van der Waals surface area contributed by atoms with Crippen LogP contribution >= 0.6 is 11.3 Å². The molecular weight excluding hydrogens is 268 g/mol. The summed E-state index contributed by atoms with van der Waals surface area (Å²) in [6.07, 6.45) is 2.84. The van der Waals surface area contributed by atoms with Crippen LogP contribution < -0.4 is 11.1 Å². The van der Waals surface area contributed by atoms with Gasteiger partial charge in [-0.1, -0.05) is 20.8 Å². The van der Waals surface area contributed by atoms with Crippen molar-refractivity contribution in [3.63, 3.8) is 0 Å². The number of nitrogen functional groups attached to an aromatic ring is 1. The fraction of sp³-hybridized carbons (Fsp3) is 0.438. The number of amides is 1. The molecule has 0 aliphatic carbocycles. The Hall–Kier alpha value is -1.55. The second kappa shape index (κ2) is 5.83. The Bertz CT molecular complexity index is 606. The number of nitrogens with two attached hydrogens (primary N) is 1. The zero-order valence-corrected chi connectivity index (χ0v) is 13.1. The number of hydrogen-bond donors (Lipinski definition) is 2. The molecule has 0 bridgehead atoms. The normalized spacial score (nSPS) is 11.8. The number of benzene rings is 1. The highest BCUT2D eigenvalue weighted by molar-refractivity contribution is 7.20. The highest BCUT2D eigenvalue weighted by Crippen LogP contribution is 2.28. The standard InChI is InChI=1S/C16H22N2OS/c1-4-16(5-2,6-3)18-15(19)14-10-11-9-12(17)7-8-13(11)20-14/h7-10H,4-6,17H2,1-3H3,(H,18,19). The van der Waals surface area contributed by atoms with E-state index in [1.54, 1.807) is 0 Å². The lowest BCUT2D eigenvalue weighted by molar-refractivity contribution is 0.0892. The van der Waals surface area contributed by atoms with Crippen molar-refractivity contribution in [2.75, 3.05) is 5.73 Å². The van der Waals surface area contributed by atoms with Gasteiger partial charge in [-0.15, -0.1) is 11.3 Å². The van der Waals surface area contributed by atoms with Crippen LogP contribution in [0.25, 0.3) is 10.1 Å². The Morgan fingerprint density at radius 3 is 2.45 bits per heavy atom. The van der Waals surface area contributed by atoms with Crippen molar-refractivity contribution in [1.82, 2.24) is 5.32 Å². The van der Waals surface area contributed by atoms with E-state index in [0.29, 0.717) is 0 Å². The molecule has 2 aromatic rings. The third-order valence-corrected chi connectivity index (χ3v) is 5.29. The van der Waals surface area contributed by atoms with Crippen LogP contribution in [-0.2, 0) is 0 Å². The quantitative estimate of drug-likeness (QED) is 0.812. The Morgan fingerprint density at radius 2 is 1.85 bits per heavy atom. The number of anilines is 1. The summed E-state index contributed by atoms with van der Waals surface area (Å²) >= 11 is 1.52. The van der Waals surface area contributed by atoms with Gasteiger partial charge in [0.2, 0.25) is 0 Å². The van der Waals surface area contributed by atoms with E-state index in [1.165, 1.54) is 11.3 Å². The maximum absolute atomic E-state index is 12.5. The van der Waals surface area contributed by atoms with E-state index in [-0.39, 0.29) is 11.4 Å². The lowest BCUT2D eigenvalue weighted by Gasteiger charge is -2.31. The molecule has 2 rings (SSSR count). The minimum atomic E-state index is -0.0910. The fourth-order valence-electron chi connectivity index (χ4n) is 2.49. The zero-order valence-electron chi connectivity index (χ0n) is 12.3. The van der Waals surface area contributed by atoms with Gasteiger partial charge >= 0.3 is 0 Å². The van der Waals surface area contributed by atoms with E-state index in [2.05, 4.69) is 26.1 Å². The predicted octanol–water partition coefficient (Wildman–Crippen LogP) is 4.18. The third kappa shape index (κ3) is 2.80. The molecule has 0 aliphatic rings. The van der Waals surface area contributed by atoms with Gasteiger partial charge in [-0.3, -0.25) is 4.79 Å². The molecule has 0 unspecified atom stereocenters. The average molecular weight is 290 g/mol. The van der Waals surface area contributed by atoms with Gasteiger partial charge in [0.1, 0.15) is 0 Å². The predicted molar refractivity (Wildman–Crippen MR) is 87.3 cm³/mol. The largest absolute Gasteiger partial charge is 0.399 e. The van der Waals surface area contributed by atoms with Crippen LogP contribution in [0.5, 0.6) is 0 Å². The number of fused-ring (bicyclic) bond motifs is 1. The Balaban J connectivity index is 2.27. The monoisotopic (exact) mass is 290 g/mol. The van der Waals surface area contributed by atoms with Gasteiger partial charge < -0.3 is 11.1 Å². The van der Waals surface area contributed by atoms with E-state index in [4.69, 9.17) is 5.73 Å². The molecule has 0 spiro atoms. The molecule has 108 valence electrons. The molecule has 3 N–H and O–H groups in total. The molecule has 1 amide bonds. The molecular formula is C16H22N2OS. The van der Waals surface area contributed by atoms with Crippen molar-refractivity contribution >= 4 is 33.0 Å². The first kappa shape index (κ1) is 14.9. The molecule has 0 fully saturated rings. The number of carbonyl (C=O) groups is 1. The van der Waals surface area contributed by atoms with Crippen LogP contribution in [0.3, 0.4) is 0 Å². The molecule has 4 heteroatoms. The lowest BCUT2D eigenvalue weighted by atomic mass is 9.90. The number of nitrogens with one attached hydrogen (secondary N) is 1. The summed E-state index contributed by atoms with van der Waals surface area (Å²) in [6.45, 7) is 6.37. The van der Waals surface area contributed by atoms with Crippen LogP contribution in [0.4, 0.5) is 5.69 Å². The van der Waals surface area contributed by atoms with Crippen LogP contribution in [0.2, 0.25) is 0 Å².